The standard InChI is InChI=1S/C42H24OS/c1-2-10-28-25(9-1)18-21-36-42(28)34-20-17-27(24-37(34)43-36)41-32-14-5-3-12-30(32)40(31-13-4-6-15-33(31)41)26-19-22-39-35(23-26)29-11-7-8-16-38(29)44-39/h1-24H. The molecular weight excluding hydrogens is 553 g/mol. The molecule has 2 heterocycles. The van der Waals surface area contributed by atoms with Crippen molar-refractivity contribution in [3.63, 3.8) is 0 Å². The van der Waals surface area contributed by atoms with Gasteiger partial charge in [0.2, 0.25) is 0 Å². The quantitative estimate of drug-likeness (QED) is 0.187. The van der Waals surface area contributed by atoms with E-state index in [9.17, 15) is 0 Å². The molecule has 1 nitrogen and oxygen atoms in total. The van der Waals surface area contributed by atoms with Gasteiger partial charge in [0.15, 0.2) is 0 Å². The van der Waals surface area contributed by atoms with Gasteiger partial charge in [-0.05, 0) is 91.0 Å². The highest BCUT2D eigenvalue weighted by molar-refractivity contribution is 7.25. The maximum atomic E-state index is 6.51. The van der Waals surface area contributed by atoms with Crippen LogP contribution in [0.15, 0.2) is 150 Å². The fourth-order valence-corrected chi connectivity index (χ4v) is 8.42. The molecule has 0 aliphatic rings. The van der Waals surface area contributed by atoms with Crippen molar-refractivity contribution in [3.8, 4) is 22.3 Å². The van der Waals surface area contributed by atoms with Gasteiger partial charge in [-0.15, -0.1) is 11.3 Å². The van der Waals surface area contributed by atoms with E-state index in [1.54, 1.807) is 0 Å². The van der Waals surface area contributed by atoms with Crippen molar-refractivity contribution in [1.82, 2.24) is 0 Å². The summed E-state index contributed by atoms with van der Waals surface area (Å²) in [6.45, 7) is 0. The molecule has 0 aliphatic heterocycles. The van der Waals surface area contributed by atoms with E-state index in [-0.39, 0.29) is 0 Å². The van der Waals surface area contributed by atoms with Crippen molar-refractivity contribution in [3.05, 3.63) is 146 Å². The minimum atomic E-state index is 0.917. The van der Waals surface area contributed by atoms with Gasteiger partial charge in [0.25, 0.3) is 0 Å². The Morgan fingerprint density at radius 3 is 1.66 bits per heavy atom. The molecule has 2 heteroatoms. The van der Waals surface area contributed by atoms with Crippen LogP contribution in [0.25, 0.3) is 96.7 Å². The molecule has 0 aliphatic carbocycles. The molecule has 0 bridgehead atoms. The van der Waals surface area contributed by atoms with Crippen LogP contribution in [-0.2, 0) is 0 Å². The maximum Gasteiger partial charge on any atom is 0.136 e. The number of thiophene rings is 1. The topological polar surface area (TPSA) is 13.1 Å². The smallest absolute Gasteiger partial charge is 0.136 e. The van der Waals surface area contributed by atoms with Crippen molar-refractivity contribution >= 4 is 85.8 Å². The largest absolute Gasteiger partial charge is 0.456 e. The summed E-state index contributed by atoms with van der Waals surface area (Å²) in [5, 5.41) is 12.5. The van der Waals surface area contributed by atoms with E-state index in [4.69, 9.17) is 4.42 Å². The highest BCUT2D eigenvalue weighted by Gasteiger charge is 2.19. The van der Waals surface area contributed by atoms with Gasteiger partial charge in [-0.25, -0.2) is 0 Å². The van der Waals surface area contributed by atoms with Crippen LogP contribution < -0.4 is 0 Å². The minimum absolute atomic E-state index is 0.917. The predicted octanol–water partition coefficient (Wildman–Crippen LogP) is 12.7. The fraction of sp³-hybridized carbons (Fsp3) is 0. The molecule has 8 aromatic carbocycles. The van der Waals surface area contributed by atoms with E-state index in [2.05, 4.69) is 146 Å². The van der Waals surface area contributed by atoms with E-state index < -0.39 is 0 Å². The number of fused-ring (bicyclic) bond motifs is 10. The van der Waals surface area contributed by atoms with E-state index in [0.29, 0.717) is 0 Å². The Kier molecular flexibility index (Phi) is 4.94. The lowest BCUT2D eigenvalue weighted by Gasteiger charge is -2.18. The maximum absolute atomic E-state index is 6.51. The van der Waals surface area contributed by atoms with Crippen molar-refractivity contribution in [2.24, 2.45) is 0 Å². The van der Waals surface area contributed by atoms with Crippen molar-refractivity contribution < 1.29 is 4.42 Å². The highest BCUT2D eigenvalue weighted by atomic mass is 32.1. The van der Waals surface area contributed by atoms with Gasteiger partial charge in [-0.1, -0.05) is 109 Å². The average molecular weight is 577 g/mol. The summed E-state index contributed by atoms with van der Waals surface area (Å²) >= 11 is 1.87. The second-order valence-corrected chi connectivity index (χ2v) is 12.7. The number of benzene rings is 8. The SMILES string of the molecule is c1ccc2c(c1)ccc1oc3cc(-c4c5ccccc5c(-c5ccc6sc7ccccc7c6c5)c5ccccc45)ccc3c12. The van der Waals surface area contributed by atoms with Gasteiger partial charge in [-0.3, -0.25) is 0 Å². The zero-order valence-electron chi connectivity index (χ0n) is 23.7. The predicted molar refractivity (Wildman–Crippen MR) is 190 cm³/mol. The van der Waals surface area contributed by atoms with Gasteiger partial charge < -0.3 is 4.42 Å². The van der Waals surface area contributed by atoms with Crippen LogP contribution in [0.3, 0.4) is 0 Å². The number of hydrogen-bond donors (Lipinski definition) is 0. The second-order valence-electron chi connectivity index (χ2n) is 11.6. The Bertz CT molecular complexity index is 2720. The van der Waals surface area contributed by atoms with Gasteiger partial charge in [0.1, 0.15) is 11.2 Å². The molecule has 0 radical (unpaired) electrons. The molecule has 10 aromatic rings. The molecule has 0 atom stereocenters. The summed E-state index contributed by atoms with van der Waals surface area (Å²) in [7, 11) is 0. The number of furan rings is 1. The van der Waals surface area contributed by atoms with Crippen LogP contribution in [0.1, 0.15) is 0 Å². The van der Waals surface area contributed by atoms with Crippen molar-refractivity contribution in [2.45, 2.75) is 0 Å². The first-order valence-corrected chi connectivity index (χ1v) is 15.8. The normalized spacial score (nSPS) is 12.1. The lowest BCUT2D eigenvalue weighted by atomic mass is 9.85. The highest BCUT2D eigenvalue weighted by Crippen LogP contribution is 2.46. The van der Waals surface area contributed by atoms with Crippen LogP contribution in [0.2, 0.25) is 0 Å². The number of rotatable bonds is 2. The van der Waals surface area contributed by atoms with Crippen molar-refractivity contribution in [2.75, 3.05) is 0 Å². The summed E-state index contributed by atoms with van der Waals surface area (Å²) in [4.78, 5) is 0. The molecule has 0 unspecified atom stereocenters. The van der Waals surface area contributed by atoms with Crippen LogP contribution in [-0.4, -0.2) is 0 Å². The molecule has 0 amide bonds. The first-order chi connectivity index (χ1) is 21.8. The van der Waals surface area contributed by atoms with E-state index >= 15 is 0 Å². The van der Waals surface area contributed by atoms with Crippen LogP contribution in [0.4, 0.5) is 0 Å². The van der Waals surface area contributed by atoms with E-state index in [1.165, 1.54) is 80.1 Å². The van der Waals surface area contributed by atoms with E-state index in [1.807, 2.05) is 11.3 Å². The molecule has 204 valence electrons. The molecule has 44 heavy (non-hydrogen) atoms. The van der Waals surface area contributed by atoms with Crippen LogP contribution >= 0.6 is 11.3 Å². The molecule has 0 saturated carbocycles. The van der Waals surface area contributed by atoms with Gasteiger partial charge in [-0.2, -0.15) is 0 Å². The Hall–Kier alpha value is -5.44. The molecule has 0 saturated heterocycles. The first kappa shape index (κ1) is 24.0. The summed E-state index contributed by atoms with van der Waals surface area (Å²) in [6, 6.07) is 53.0. The zero-order valence-corrected chi connectivity index (χ0v) is 24.5. The van der Waals surface area contributed by atoms with Crippen LogP contribution in [0, 0.1) is 0 Å². The Balaban J connectivity index is 1.27. The Labute approximate surface area is 257 Å². The molecule has 2 aromatic heterocycles. The lowest BCUT2D eigenvalue weighted by molar-refractivity contribution is 0.669. The fourth-order valence-electron chi connectivity index (χ4n) is 7.33. The molecule has 0 fully saturated rings. The molecule has 0 spiro atoms. The zero-order chi connectivity index (χ0) is 28.8. The molecular formula is C42H24OS. The summed E-state index contributed by atoms with van der Waals surface area (Å²) in [6.07, 6.45) is 0. The van der Waals surface area contributed by atoms with Gasteiger partial charge >= 0.3 is 0 Å². The third kappa shape index (κ3) is 3.35. The van der Waals surface area contributed by atoms with Crippen molar-refractivity contribution in [1.29, 1.82) is 0 Å². The van der Waals surface area contributed by atoms with Gasteiger partial charge in [0, 0.05) is 30.9 Å². The summed E-state index contributed by atoms with van der Waals surface area (Å²) in [5.74, 6) is 0. The second kappa shape index (κ2) is 9.03. The summed E-state index contributed by atoms with van der Waals surface area (Å²) < 4.78 is 9.17. The molecule has 0 N–H and O–H groups in total. The first-order valence-electron chi connectivity index (χ1n) is 15.0. The average Bonchev–Trinajstić information content (AvgIpc) is 3.65. The van der Waals surface area contributed by atoms with Gasteiger partial charge in [0.05, 0.1) is 0 Å². The minimum Gasteiger partial charge on any atom is -0.456 e. The monoisotopic (exact) mass is 576 g/mol. The Morgan fingerprint density at radius 2 is 0.932 bits per heavy atom. The third-order valence-corrected chi connectivity index (χ3v) is 10.4. The summed E-state index contributed by atoms with van der Waals surface area (Å²) in [5.41, 5.74) is 6.79. The number of hydrogen-bond acceptors (Lipinski definition) is 2. The lowest BCUT2D eigenvalue weighted by Crippen LogP contribution is -1.90. The van der Waals surface area contributed by atoms with Crippen LogP contribution in [0.5, 0.6) is 0 Å². The Morgan fingerprint density at radius 1 is 0.364 bits per heavy atom. The van der Waals surface area contributed by atoms with E-state index in [0.717, 1.165) is 16.6 Å². The third-order valence-electron chi connectivity index (χ3n) is 9.25. The molecule has 10 rings (SSSR count).